The summed E-state index contributed by atoms with van der Waals surface area (Å²) in [6.07, 6.45) is 1.35. The standard InChI is InChI=1S/C17H12N2O4/c1-19-13-10(7-18-19)15(21)11-12(16(13)22)17(23-2)9-6-4-3-5-8(9)14(11)20/h3-7,20H,1-2H3. The number of fused-ring (bicyclic) bond motifs is 3. The van der Waals surface area contributed by atoms with Gasteiger partial charge in [-0.15, -0.1) is 0 Å². The monoisotopic (exact) mass is 308 g/mol. The molecule has 2 aromatic carbocycles. The second kappa shape index (κ2) is 4.42. The Bertz CT molecular complexity index is 1020. The Balaban J connectivity index is 2.21. The van der Waals surface area contributed by atoms with Gasteiger partial charge in [0.15, 0.2) is 0 Å². The molecule has 1 heterocycles. The summed E-state index contributed by atoms with van der Waals surface area (Å²) in [5.41, 5.74) is 0.462. The molecule has 0 saturated carbocycles. The molecule has 6 nitrogen and oxygen atoms in total. The van der Waals surface area contributed by atoms with Gasteiger partial charge in [-0.05, 0) is 0 Å². The summed E-state index contributed by atoms with van der Waals surface area (Å²) < 4.78 is 6.78. The fourth-order valence-electron chi connectivity index (χ4n) is 3.16. The van der Waals surface area contributed by atoms with E-state index in [9.17, 15) is 14.7 Å². The smallest absolute Gasteiger partial charge is 0.216 e. The fraction of sp³-hybridized carbons (Fsp3) is 0.118. The van der Waals surface area contributed by atoms with Gasteiger partial charge in [-0.1, -0.05) is 24.3 Å². The van der Waals surface area contributed by atoms with Crippen LogP contribution in [0.2, 0.25) is 0 Å². The molecule has 0 radical (unpaired) electrons. The van der Waals surface area contributed by atoms with Crippen molar-refractivity contribution in [1.29, 1.82) is 0 Å². The molecule has 3 aromatic rings. The number of aromatic hydroxyl groups is 1. The number of benzene rings is 2. The highest BCUT2D eigenvalue weighted by atomic mass is 16.5. The van der Waals surface area contributed by atoms with E-state index >= 15 is 0 Å². The van der Waals surface area contributed by atoms with Crippen LogP contribution in [-0.2, 0) is 7.05 Å². The highest BCUT2D eigenvalue weighted by molar-refractivity contribution is 6.32. The lowest BCUT2D eigenvalue weighted by Gasteiger charge is -2.21. The molecule has 1 aromatic heterocycles. The van der Waals surface area contributed by atoms with Crippen LogP contribution >= 0.6 is 0 Å². The average Bonchev–Trinajstić information content (AvgIpc) is 2.95. The molecule has 0 atom stereocenters. The largest absolute Gasteiger partial charge is 0.506 e. The number of phenols is 1. The van der Waals surface area contributed by atoms with Crippen LogP contribution < -0.4 is 4.74 Å². The van der Waals surface area contributed by atoms with Gasteiger partial charge in [0.2, 0.25) is 11.6 Å². The van der Waals surface area contributed by atoms with Crippen molar-refractivity contribution in [1.82, 2.24) is 9.78 Å². The molecule has 0 amide bonds. The molecule has 4 rings (SSSR count). The number of nitrogens with zero attached hydrogens (tertiary/aromatic N) is 2. The molecular formula is C17H12N2O4. The van der Waals surface area contributed by atoms with Crippen LogP contribution in [0.1, 0.15) is 32.0 Å². The SMILES string of the molecule is COc1c2c(c(O)c3ccccc13)C(=O)c1cnn(C)c1C2=O. The maximum Gasteiger partial charge on any atom is 0.216 e. The lowest BCUT2D eigenvalue weighted by atomic mass is 9.84. The highest BCUT2D eigenvalue weighted by Gasteiger charge is 2.38. The first kappa shape index (κ1) is 13.5. The highest BCUT2D eigenvalue weighted by Crippen LogP contribution is 2.44. The second-order valence-corrected chi connectivity index (χ2v) is 5.37. The number of aryl methyl sites for hydroxylation is 1. The van der Waals surface area contributed by atoms with Gasteiger partial charge in [0.25, 0.3) is 0 Å². The van der Waals surface area contributed by atoms with Crippen LogP contribution in [0, 0.1) is 0 Å². The third kappa shape index (κ3) is 1.55. The van der Waals surface area contributed by atoms with Crippen LogP contribution in [0.5, 0.6) is 11.5 Å². The summed E-state index contributed by atoms with van der Waals surface area (Å²) >= 11 is 0. The van der Waals surface area contributed by atoms with Crippen LogP contribution in [0.15, 0.2) is 30.5 Å². The molecule has 0 aliphatic heterocycles. The Labute approximate surface area is 130 Å². The van der Waals surface area contributed by atoms with Crippen molar-refractivity contribution < 1.29 is 19.4 Å². The number of hydrogen-bond acceptors (Lipinski definition) is 5. The third-order valence-electron chi connectivity index (χ3n) is 4.20. The van der Waals surface area contributed by atoms with Crippen molar-refractivity contribution in [2.45, 2.75) is 0 Å². The zero-order valence-corrected chi connectivity index (χ0v) is 12.5. The molecular weight excluding hydrogens is 296 g/mol. The second-order valence-electron chi connectivity index (χ2n) is 5.37. The summed E-state index contributed by atoms with van der Waals surface area (Å²) in [5, 5.41) is 15.6. The number of ketones is 2. The molecule has 1 aliphatic carbocycles. The molecule has 114 valence electrons. The molecule has 6 heteroatoms. The first-order chi connectivity index (χ1) is 11.1. The minimum atomic E-state index is -0.427. The number of methoxy groups -OCH3 is 1. The Morgan fingerprint density at radius 3 is 2.48 bits per heavy atom. The number of ether oxygens (including phenoxy) is 1. The molecule has 0 spiro atoms. The van der Waals surface area contributed by atoms with Crippen LogP contribution in [0.3, 0.4) is 0 Å². The van der Waals surface area contributed by atoms with Crippen molar-refractivity contribution in [2.24, 2.45) is 7.05 Å². The first-order valence-corrected chi connectivity index (χ1v) is 6.99. The van der Waals surface area contributed by atoms with Gasteiger partial charge in [-0.3, -0.25) is 14.3 Å². The lowest BCUT2D eigenvalue weighted by Crippen LogP contribution is -2.23. The van der Waals surface area contributed by atoms with Crippen LogP contribution in [0.25, 0.3) is 10.8 Å². The molecule has 0 bridgehead atoms. The van der Waals surface area contributed by atoms with Gasteiger partial charge in [0, 0.05) is 17.8 Å². The molecule has 1 N–H and O–H groups in total. The van der Waals surface area contributed by atoms with Gasteiger partial charge in [-0.2, -0.15) is 5.10 Å². The summed E-state index contributed by atoms with van der Waals surface area (Å²) in [4.78, 5) is 25.7. The van der Waals surface area contributed by atoms with E-state index in [4.69, 9.17) is 4.74 Å². The third-order valence-corrected chi connectivity index (χ3v) is 4.20. The van der Waals surface area contributed by atoms with Gasteiger partial charge in [-0.25, -0.2) is 0 Å². The van der Waals surface area contributed by atoms with E-state index in [1.165, 1.54) is 18.0 Å². The van der Waals surface area contributed by atoms with Crippen LogP contribution in [0.4, 0.5) is 0 Å². The Morgan fingerprint density at radius 1 is 1.09 bits per heavy atom. The molecule has 0 saturated heterocycles. The van der Waals surface area contributed by atoms with Crippen molar-refractivity contribution in [3.05, 3.63) is 52.8 Å². The quantitative estimate of drug-likeness (QED) is 0.582. The van der Waals surface area contributed by atoms with E-state index in [0.717, 1.165) is 0 Å². The van der Waals surface area contributed by atoms with E-state index in [1.54, 1.807) is 31.3 Å². The minimum absolute atomic E-state index is 0.0222. The predicted octanol–water partition coefficient (Wildman–Crippen LogP) is 2.06. The maximum atomic E-state index is 12.9. The van der Waals surface area contributed by atoms with Gasteiger partial charge in [0.1, 0.15) is 17.2 Å². The topological polar surface area (TPSA) is 81.4 Å². The molecule has 23 heavy (non-hydrogen) atoms. The van der Waals surface area contributed by atoms with Crippen molar-refractivity contribution >= 4 is 22.3 Å². The average molecular weight is 308 g/mol. The number of phenolic OH excluding ortho intramolecular Hbond substituents is 1. The van der Waals surface area contributed by atoms with E-state index in [1.807, 2.05) is 0 Å². The molecule has 0 unspecified atom stereocenters. The molecule has 1 aliphatic rings. The zero-order valence-electron chi connectivity index (χ0n) is 12.5. The van der Waals surface area contributed by atoms with E-state index in [-0.39, 0.29) is 33.9 Å². The van der Waals surface area contributed by atoms with Gasteiger partial charge in [0.05, 0.1) is 30.0 Å². The maximum absolute atomic E-state index is 12.9. The van der Waals surface area contributed by atoms with Crippen molar-refractivity contribution in [3.63, 3.8) is 0 Å². The normalized spacial score (nSPS) is 13.1. The lowest BCUT2D eigenvalue weighted by molar-refractivity contribution is 0.0969. The fourth-order valence-corrected chi connectivity index (χ4v) is 3.16. The number of rotatable bonds is 1. The molecule has 0 fully saturated rings. The summed E-state index contributed by atoms with van der Waals surface area (Å²) in [7, 11) is 3.04. The number of hydrogen-bond donors (Lipinski definition) is 1. The Morgan fingerprint density at radius 2 is 1.78 bits per heavy atom. The predicted molar refractivity (Wildman–Crippen MR) is 82.2 cm³/mol. The van der Waals surface area contributed by atoms with Crippen molar-refractivity contribution in [3.8, 4) is 11.5 Å². The van der Waals surface area contributed by atoms with Crippen LogP contribution in [-0.4, -0.2) is 33.6 Å². The van der Waals surface area contributed by atoms with E-state index in [2.05, 4.69) is 5.10 Å². The van der Waals surface area contributed by atoms with E-state index < -0.39 is 5.78 Å². The van der Waals surface area contributed by atoms with Crippen molar-refractivity contribution in [2.75, 3.05) is 7.11 Å². The first-order valence-electron chi connectivity index (χ1n) is 6.99. The summed E-state index contributed by atoms with van der Waals surface area (Å²) in [6, 6.07) is 6.95. The number of aromatic nitrogens is 2. The number of carbonyl (C=O) groups excluding carboxylic acids is 2. The summed E-state index contributed by atoms with van der Waals surface area (Å²) in [5.74, 6) is -0.723. The Hall–Kier alpha value is -3.15. The zero-order chi connectivity index (χ0) is 16.3. The Kier molecular flexibility index (Phi) is 2.60. The van der Waals surface area contributed by atoms with E-state index in [0.29, 0.717) is 16.5 Å². The van der Waals surface area contributed by atoms with Gasteiger partial charge < -0.3 is 9.84 Å². The van der Waals surface area contributed by atoms with Gasteiger partial charge >= 0.3 is 0 Å². The number of carbonyl (C=O) groups is 2. The minimum Gasteiger partial charge on any atom is -0.506 e. The summed E-state index contributed by atoms with van der Waals surface area (Å²) in [6.45, 7) is 0.